The van der Waals surface area contributed by atoms with Crippen LogP contribution in [0.2, 0.25) is 0 Å². The molecule has 0 bridgehead atoms. The van der Waals surface area contributed by atoms with Crippen LogP contribution in [-0.4, -0.2) is 15.6 Å². The number of rotatable bonds is 3. The van der Waals surface area contributed by atoms with E-state index in [9.17, 15) is 9.90 Å². The third-order valence-electron chi connectivity index (χ3n) is 2.55. The molecule has 4 nitrogen and oxygen atoms in total. The van der Waals surface area contributed by atoms with Crippen LogP contribution in [0.5, 0.6) is 5.75 Å². The molecule has 0 saturated heterocycles. The number of phenols is 1. The fourth-order valence-electron chi connectivity index (χ4n) is 1.60. The van der Waals surface area contributed by atoms with Crippen LogP contribution in [0.1, 0.15) is 15.9 Å². The number of carbonyl (C=O) groups is 1. The molecular weight excluding hydrogens is 296 g/mol. The number of nitrogens with zero attached hydrogens (tertiary/aromatic N) is 1. The Labute approximate surface area is 113 Å². The summed E-state index contributed by atoms with van der Waals surface area (Å²) in [6.07, 6.45) is 3.87. The van der Waals surface area contributed by atoms with Gasteiger partial charge in [-0.1, -0.05) is 0 Å². The molecule has 0 saturated carbocycles. The summed E-state index contributed by atoms with van der Waals surface area (Å²) in [6.45, 7) is 0.469. The van der Waals surface area contributed by atoms with Gasteiger partial charge >= 0.3 is 0 Å². The molecule has 0 fully saturated rings. The minimum atomic E-state index is -0.207. The number of phenolic OH excluding ortho intramolecular Hbond substituents is 1. The van der Waals surface area contributed by atoms with E-state index in [0.29, 0.717) is 16.6 Å². The average Bonchev–Trinajstić information content (AvgIpc) is 2.75. The third kappa shape index (κ3) is 2.92. The van der Waals surface area contributed by atoms with Gasteiger partial charge in [0.15, 0.2) is 0 Å². The minimum Gasteiger partial charge on any atom is -0.507 e. The molecule has 2 rings (SSSR count). The van der Waals surface area contributed by atoms with E-state index in [0.717, 1.165) is 5.56 Å². The molecule has 0 aliphatic rings. The number of aryl methyl sites for hydroxylation is 1. The topological polar surface area (TPSA) is 54.3 Å². The predicted molar refractivity (Wildman–Crippen MR) is 72.4 cm³/mol. The van der Waals surface area contributed by atoms with E-state index in [4.69, 9.17) is 0 Å². The van der Waals surface area contributed by atoms with Crippen molar-refractivity contribution in [2.24, 2.45) is 7.05 Å². The number of aromatic hydroxyl groups is 1. The zero-order valence-electron chi connectivity index (χ0n) is 9.85. The Bertz CT molecular complexity index is 578. The molecule has 0 spiro atoms. The molecule has 5 heteroatoms. The molecular formula is C13H13BrN2O2. The lowest BCUT2D eigenvalue weighted by atomic mass is 10.2. The second-order valence-corrected chi connectivity index (χ2v) is 4.89. The summed E-state index contributed by atoms with van der Waals surface area (Å²) in [4.78, 5) is 11.8. The Morgan fingerprint density at radius 3 is 2.83 bits per heavy atom. The van der Waals surface area contributed by atoms with Gasteiger partial charge in [-0.25, -0.2) is 0 Å². The number of nitrogens with one attached hydrogen (secondary N) is 1. The molecule has 1 aromatic heterocycles. The van der Waals surface area contributed by atoms with Gasteiger partial charge in [-0.15, -0.1) is 0 Å². The third-order valence-corrected chi connectivity index (χ3v) is 3.23. The van der Waals surface area contributed by atoms with Crippen molar-refractivity contribution >= 4 is 21.8 Å². The highest BCUT2D eigenvalue weighted by Crippen LogP contribution is 2.24. The smallest absolute Gasteiger partial charge is 0.251 e. The quantitative estimate of drug-likeness (QED) is 0.915. The first-order chi connectivity index (χ1) is 8.56. The first-order valence-electron chi connectivity index (χ1n) is 5.44. The Balaban J connectivity index is 2.01. The maximum Gasteiger partial charge on any atom is 0.251 e. The Kier molecular flexibility index (Phi) is 3.72. The molecule has 1 amide bonds. The molecule has 1 heterocycles. The van der Waals surface area contributed by atoms with Crippen LogP contribution in [0, 0.1) is 0 Å². The van der Waals surface area contributed by atoms with Gasteiger partial charge in [0, 0.05) is 31.5 Å². The maximum atomic E-state index is 11.8. The molecule has 0 aliphatic carbocycles. The van der Waals surface area contributed by atoms with Gasteiger partial charge in [0.2, 0.25) is 0 Å². The Morgan fingerprint density at radius 2 is 2.22 bits per heavy atom. The highest BCUT2D eigenvalue weighted by molar-refractivity contribution is 9.10. The molecule has 0 unspecified atom stereocenters. The van der Waals surface area contributed by atoms with Crippen molar-refractivity contribution in [2.75, 3.05) is 0 Å². The van der Waals surface area contributed by atoms with Gasteiger partial charge in [0.1, 0.15) is 5.75 Å². The van der Waals surface area contributed by atoms with Crippen LogP contribution in [-0.2, 0) is 13.6 Å². The second-order valence-electron chi connectivity index (χ2n) is 4.03. The van der Waals surface area contributed by atoms with Gasteiger partial charge in [-0.05, 0) is 45.8 Å². The fourth-order valence-corrected chi connectivity index (χ4v) is 1.85. The molecule has 1 aromatic carbocycles. The van der Waals surface area contributed by atoms with Gasteiger partial charge in [0.05, 0.1) is 4.47 Å². The lowest BCUT2D eigenvalue weighted by molar-refractivity contribution is 0.0950. The highest BCUT2D eigenvalue weighted by Gasteiger charge is 2.08. The van der Waals surface area contributed by atoms with E-state index in [2.05, 4.69) is 21.2 Å². The Hall–Kier alpha value is -1.75. The largest absolute Gasteiger partial charge is 0.507 e. The first-order valence-corrected chi connectivity index (χ1v) is 6.23. The van der Waals surface area contributed by atoms with Crippen molar-refractivity contribution in [2.45, 2.75) is 6.54 Å². The van der Waals surface area contributed by atoms with Crippen molar-refractivity contribution in [3.63, 3.8) is 0 Å². The molecule has 0 radical (unpaired) electrons. The van der Waals surface area contributed by atoms with E-state index < -0.39 is 0 Å². The fraction of sp³-hybridized carbons (Fsp3) is 0.154. The monoisotopic (exact) mass is 308 g/mol. The Morgan fingerprint density at radius 1 is 1.44 bits per heavy atom. The highest BCUT2D eigenvalue weighted by atomic mass is 79.9. The minimum absolute atomic E-state index is 0.0577. The SMILES string of the molecule is Cn1ccc(CNC(=O)c2ccc(Br)c(O)c2)c1. The molecule has 0 atom stereocenters. The molecule has 2 N–H and O–H groups in total. The number of aromatic nitrogens is 1. The summed E-state index contributed by atoms with van der Waals surface area (Å²) in [5.41, 5.74) is 1.47. The van der Waals surface area contributed by atoms with Crippen LogP contribution in [0.25, 0.3) is 0 Å². The van der Waals surface area contributed by atoms with Crippen molar-refractivity contribution in [3.05, 3.63) is 52.3 Å². The standard InChI is InChI=1S/C13H13BrN2O2/c1-16-5-4-9(8-16)7-15-13(18)10-2-3-11(14)12(17)6-10/h2-6,8,17H,7H2,1H3,(H,15,18). The van der Waals surface area contributed by atoms with Crippen LogP contribution in [0.3, 0.4) is 0 Å². The first kappa shape index (κ1) is 12.7. The summed E-state index contributed by atoms with van der Waals surface area (Å²) in [5.74, 6) is -0.149. The van der Waals surface area contributed by atoms with Gasteiger partial charge in [0.25, 0.3) is 5.91 Å². The number of halogens is 1. The average molecular weight is 309 g/mol. The van der Waals surface area contributed by atoms with Gasteiger partial charge < -0.3 is 15.0 Å². The molecule has 0 aliphatic heterocycles. The van der Waals surface area contributed by atoms with E-state index >= 15 is 0 Å². The summed E-state index contributed by atoms with van der Waals surface area (Å²) in [5, 5.41) is 12.3. The molecule has 2 aromatic rings. The zero-order chi connectivity index (χ0) is 13.1. The second kappa shape index (κ2) is 5.27. The van der Waals surface area contributed by atoms with Crippen LogP contribution in [0.4, 0.5) is 0 Å². The number of carbonyl (C=O) groups excluding carboxylic acids is 1. The summed E-state index contributed by atoms with van der Waals surface area (Å²) in [6, 6.07) is 6.68. The lowest BCUT2D eigenvalue weighted by Gasteiger charge is -2.05. The number of hydrogen-bond donors (Lipinski definition) is 2. The van der Waals surface area contributed by atoms with E-state index in [1.165, 1.54) is 6.07 Å². The number of benzene rings is 1. The van der Waals surface area contributed by atoms with Crippen LogP contribution >= 0.6 is 15.9 Å². The van der Waals surface area contributed by atoms with Gasteiger partial charge in [-0.3, -0.25) is 4.79 Å². The van der Waals surface area contributed by atoms with E-state index in [1.807, 2.05) is 30.1 Å². The number of amides is 1. The summed E-state index contributed by atoms with van der Waals surface area (Å²) in [7, 11) is 1.93. The van der Waals surface area contributed by atoms with Crippen molar-refractivity contribution in [1.82, 2.24) is 9.88 Å². The summed E-state index contributed by atoms with van der Waals surface area (Å²) < 4.78 is 2.49. The molecule has 18 heavy (non-hydrogen) atoms. The maximum absolute atomic E-state index is 11.8. The molecule has 94 valence electrons. The van der Waals surface area contributed by atoms with Crippen molar-refractivity contribution in [1.29, 1.82) is 0 Å². The van der Waals surface area contributed by atoms with E-state index in [1.54, 1.807) is 12.1 Å². The lowest BCUT2D eigenvalue weighted by Crippen LogP contribution is -2.22. The van der Waals surface area contributed by atoms with Crippen LogP contribution in [0.15, 0.2) is 41.1 Å². The van der Waals surface area contributed by atoms with Gasteiger partial charge in [-0.2, -0.15) is 0 Å². The van der Waals surface area contributed by atoms with E-state index in [-0.39, 0.29) is 11.7 Å². The van der Waals surface area contributed by atoms with Crippen molar-refractivity contribution in [3.8, 4) is 5.75 Å². The van der Waals surface area contributed by atoms with Crippen molar-refractivity contribution < 1.29 is 9.90 Å². The normalized spacial score (nSPS) is 10.3. The summed E-state index contributed by atoms with van der Waals surface area (Å²) >= 11 is 3.17. The van der Waals surface area contributed by atoms with Crippen LogP contribution < -0.4 is 5.32 Å². The number of hydrogen-bond acceptors (Lipinski definition) is 2. The predicted octanol–water partition coefficient (Wildman–Crippen LogP) is 2.42. The zero-order valence-corrected chi connectivity index (χ0v) is 11.4.